The number of esters is 1. The molecule has 1 heterocycles. The van der Waals surface area contributed by atoms with Gasteiger partial charge in [-0.1, -0.05) is 54.1 Å². The Morgan fingerprint density at radius 2 is 1.73 bits per heavy atom. The summed E-state index contributed by atoms with van der Waals surface area (Å²) in [4.78, 5) is 12.3. The first-order valence-electron chi connectivity index (χ1n) is 9.69. The number of ether oxygens (including phenoxy) is 2. The fourth-order valence-electron chi connectivity index (χ4n) is 3.14. The smallest absolute Gasteiger partial charge is 0.343 e. The van der Waals surface area contributed by atoms with Crippen molar-refractivity contribution in [3.8, 4) is 5.75 Å². The highest BCUT2D eigenvalue weighted by molar-refractivity contribution is 6.31. The monoisotopic (exact) mass is 416 g/mol. The molecule has 150 valence electrons. The lowest BCUT2D eigenvalue weighted by Gasteiger charge is -2.08. The largest absolute Gasteiger partial charge is 0.489 e. The molecule has 0 aromatic heterocycles. The van der Waals surface area contributed by atoms with Crippen LogP contribution in [-0.4, -0.2) is 5.97 Å². The molecule has 0 N–H and O–H groups in total. The Labute approximate surface area is 181 Å². The number of hydrogen-bond donors (Lipinski definition) is 0. The molecule has 0 atom stereocenters. The number of carbonyl (C=O) groups excluding carboxylic acids is 1. The first kappa shape index (κ1) is 20.0. The van der Waals surface area contributed by atoms with E-state index in [2.05, 4.69) is 6.92 Å². The predicted octanol–water partition coefficient (Wildman–Crippen LogP) is 6.52. The second-order valence-electron chi connectivity index (χ2n) is 7.25. The number of carbonyl (C=O) groups is 1. The zero-order chi connectivity index (χ0) is 21.1. The summed E-state index contributed by atoms with van der Waals surface area (Å²) in [5.41, 5.74) is 5.62. The van der Waals surface area contributed by atoms with E-state index in [0.717, 1.165) is 28.0 Å². The lowest BCUT2D eigenvalue weighted by atomic mass is 10.0. The quantitative estimate of drug-likeness (QED) is 0.351. The highest BCUT2D eigenvalue weighted by atomic mass is 35.5. The van der Waals surface area contributed by atoms with E-state index in [4.69, 9.17) is 21.1 Å². The molecular formula is C26H21ClO3. The molecule has 0 unspecified atom stereocenters. The Kier molecular flexibility index (Phi) is 5.73. The molecule has 3 aromatic carbocycles. The van der Waals surface area contributed by atoms with Crippen LogP contribution in [-0.2, 0) is 16.1 Å². The molecule has 4 heteroatoms. The fraction of sp³-hybridized carbons (Fsp3) is 0.115. The zero-order valence-electron chi connectivity index (χ0n) is 16.8. The van der Waals surface area contributed by atoms with E-state index < -0.39 is 0 Å². The van der Waals surface area contributed by atoms with Gasteiger partial charge >= 0.3 is 5.97 Å². The average Bonchev–Trinajstić information content (AvgIpc) is 3.11. The Hall–Kier alpha value is -3.30. The van der Waals surface area contributed by atoms with Gasteiger partial charge in [0.05, 0.1) is 5.57 Å². The summed E-state index contributed by atoms with van der Waals surface area (Å²) in [6.07, 6.45) is 3.60. The summed E-state index contributed by atoms with van der Waals surface area (Å²) in [5, 5.41) is 0.685. The predicted molar refractivity (Wildman–Crippen MR) is 120 cm³/mol. The second kappa shape index (κ2) is 8.60. The molecule has 0 saturated carbocycles. The average molecular weight is 417 g/mol. The second-order valence-corrected chi connectivity index (χ2v) is 7.65. The van der Waals surface area contributed by atoms with Gasteiger partial charge in [0.2, 0.25) is 0 Å². The number of halogens is 1. The first-order chi connectivity index (χ1) is 14.5. The van der Waals surface area contributed by atoms with Crippen LogP contribution in [0.1, 0.15) is 27.8 Å². The maximum atomic E-state index is 12.3. The summed E-state index contributed by atoms with van der Waals surface area (Å²) in [6.45, 7) is 4.50. The molecule has 0 spiro atoms. The highest BCUT2D eigenvalue weighted by Crippen LogP contribution is 2.29. The Bertz CT molecular complexity index is 1160. The fourth-order valence-corrected chi connectivity index (χ4v) is 3.33. The van der Waals surface area contributed by atoms with E-state index in [-0.39, 0.29) is 5.97 Å². The molecular weight excluding hydrogens is 396 g/mol. The molecule has 1 aliphatic heterocycles. The van der Waals surface area contributed by atoms with Crippen LogP contribution in [0.2, 0.25) is 5.02 Å². The molecule has 3 aromatic rings. The van der Waals surface area contributed by atoms with E-state index in [1.54, 1.807) is 6.08 Å². The van der Waals surface area contributed by atoms with Crippen LogP contribution in [0.3, 0.4) is 0 Å². The van der Waals surface area contributed by atoms with Gasteiger partial charge in [-0.25, -0.2) is 4.79 Å². The summed E-state index contributed by atoms with van der Waals surface area (Å²) in [7, 11) is 0. The zero-order valence-corrected chi connectivity index (χ0v) is 17.6. The minimum absolute atomic E-state index is 0.345. The third kappa shape index (κ3) is 4.47. The van der Waals surface area contributed by atoms with Crippen molar-refractivity contribution in [2.24, 2.45) is 0 Å². The van der Waals surface area contributed by atoms with E-state index in [0.29, 0.717) is 23.0 Å². The first-order valence-corrected chi connectivity index (χ1v) is 10.1. The number of benzene rings is 3. The minimum Gasteiger partial charge on any atom is -0.489 e. The third-order valence-electron chi connectivity index (χ3n) is 5.07. The Balaban J connectivity index is 1.47. The maximum Gasteiger partial charge on any atom is 0.343 e. The van der Waals surface area contributed by atoms with E-state index in [1.165, 1.54) is 5.56 Å². The number of hydrogen-bond acceptors (Lipinski definition) is 3. The summed E-state index contributed by atoms with van der Waals surface area (Å²) in [5.74, 6) is 0.966. The minimum atomic E-state index is -0.345. The standard InChI is InChI=1S/C26H21ClO3/c1-17-7-10-20(13-18(17)2)25-15-22(26(28)30-25)14-19-8-11-23(12-9-19)29-16-21-5-3-4-6-24(21)27/h3-15H,16H2,1-2H3/b22-14-. The van der Waals surface area contributed by atoms with Crippen LogP contribution in [0, 0.1) is 13.8 Å². The summed E-state index contributed by atoms with van der Waals surface area (Å²) in [6, 6.07) is 21.2. The molecule has 4 rings (SSSR count). The SMILES string of the molecule is Cc1ccc(C2=C/C(=C/c3ccc(OCc4ccccc4Cl)cc3)C(=O)O2)cc1C. The molecule has 3 nitrogen and oxygen atoms in total. The third-order valence-corrected chi connectivity index (χ3v) is 5.44. The molecule has 1 aliphatic rings. The lowest BCUT2D eigenvalue weighted by molar-refractivity contribution is -0.130. The van der Waals surface area contributed by atoms with Crippen LogP contribution in [0.5, 0.6) is 5.75 Å². The van der Waals surface area contributed by atoms with Crippen molar-refractivity contribution in [2.45, 2.75) is 20.5 Å². The van der Waals surface area contributed by atoms with Gasteiger partial charge in [-0.15, -0.1) is 0 Å². The van der Waals surface area contributed by atoms with Gasteiger partial charge < -0.3 is 9.47 Å². The van der Waals surface area contributed by atoms with Gasteiger partial charge in [-0.3, -0.25) is 0 Å². The van der Waals surface area contributed by atoms with Crippen LogP contribution in [0.4, 0.5) is 0 Å². The maximum absolute atomic E-state index is 12.3. The van der Waals surface area contributed by atoms with E-state index >= 15 is 0 Å². The van der Waals surface area contributed by atoms with Crippen LogP contribution < -0.4 is 4.74 Å². The number of rotatable bonds is 5. The van der Waals surface area contributed by atoms with E-state index in [9.17, 15) is 4.79 Å². The summed E-state index contributed by atoms with van der Waals surface area (Å²) >= 11 is 6.16. The molecule has 0 bridgehead atoms. The number of aryl methyl sites for hydroxylation is 2. The summed E-state index contributed by atoms with van der Waals surface area (Å²) < 4.78 is 11.3. The molecule has 0 aliphatic carbocycles. The number of cyclic esters (lactones) is 1. The normalized spacial score (nSPS) is 14.6. The molecule has 0 radical (unpaired) electrons. The van der Waals surface area contributed by atoms with Crippen molar-refractivity contribution in [2.75, 3.05) is 0 Å². The van der Waals surface area contributed by atoms with Gasteiger partial charge in [0.15, 0.2) is 0 Å². The highest BCUT2D eigenvalue weighted by Gasteiger charge is 2.22. The van der Waals surface area contributed by atoms with Gasteiger partial charge in [0.1, 0.15) is 18.1 Å². The van der Waals surface area contributed by atoms with Crippen molar-refractivity contribution in [3.63, 3.8) is 0 Å². The van der Waals surface area contributed by atoms with Gasteiger partial charge in [-0.2, -0.15) is 0 Å². The molecule has 30 heavy (non-hydrogen) atoms. The Morgan fingerprint density at radius 3 is 2.47 bits per heavy atom. The Morgan fingerprint density at radius 1 is 0.967 bits per heavy atom. The van der Waals surface area contributed by atoms with Crippen molar-refractivity contribution in [1.82, 2.24) is 0 Å². The molecule has 0 amide bonds. The van der Waals surface area contributed by atoms with Crippen molar-refractivity contribution < 1.29 is 14.3 Å². The molecule has 0 fully saturated rings. The van der Waals surface area contributed by atoms with Gasteiger partial charge in [0, 0.05) is 16.1 Å². The van der Waals surface area contributed by atoms with Gasteiger partial charge in [-0.05, 0) is 67.0 Å². The topological polar surface area (TPSA) is 35.5 Å². The van der Waals surface area contributed by atoms with Crippen molar-refractivity contribution >= 4 is 29.4 Å². The van der Waals surface area contributed by atoms with Crippen LogP contribution in [0.15, 0.2) is 78.4 Å². The van der Waals surface area contributed by atoms with Crippen LogP contribution >= 0.6 is 11.6 Å². The van der Waals surface area contributed by atoms with Gasteiger partial charge in [0.25, 0.3) is 0 Å². The van der Waals surface area contributed by atoms with E-state index in [1.807, 2.05) is 79.7 Å². The molecule has 0 saturated heterocycles. The van der Waals surface area contributed by atoms with Crippen LogP contribution in [0.25, 0.3) is 11.8 Å². The lowest BCUT2D eigenvalue weighted by Crippen LogP contribution is -1.98. The van der Waals surface area contributed by atoms with Crippen molar-refractivity contribution in [1.29, 1.82) is 0 Å². The van der Waals surface area contributed by atoms with Crippen molar-refractivity contribution in [3.05, 3.63) is 111 Å².